The van der Waals surface area contributed by atoms with E-state index < -0.39 is 17.8 Å². The summed E-state index contributed by atoms with van der Waals surface area (Å²) in [7, 11) is 1.62. The lowest BCUT2D eigenvalue weighted by Crippen LogP contribution is -2.39. The molecule has 0 spiro atoms. The van der Waals surface area contributed by atoms with E-state index in [-0.39, 0.29) is 29.3 Å². The first-order valence-corrected chi connectivity index (χ1v) is 13.8. The number of allylic oxidation sites excluding steroid dienone is 2. The first kappa shape index (κ1) is 27.9. The number of halogens is 1. The number of phenolic OH excluding ortho intramolecular Hbond substituents is 1. The molecule has 4 rings (SSSR count). The number of ketones is 1. The average molecular weight is 585 g/mol. The molecule has 38 heavy (non-hydrogen) atoms. The fourth-order valence-electron chi connectivity index (χ4n) is 5.23. The van der Waals surface area contributed by atoms with Crippen molar-refractivity contribution < 1.29 is 28.9 Å². The van der Waals surface area contributed by atoms with Crippen LogP contribution >= 0.6 is 15.9 Å². The van der Waals surface area contributed by atoms with Crippen LogP contribution in [0.5, 0.6) is 17.2 Å². The molecule has 0 saturated carbocycles. The van der Waals surface area contributed by atoms with E-state index in [9.17, 15) is 14.7 Å². The van der Waals surface area contributed by atoms with Crippen molar-refractivity contribution >= 4 is 33.4 Å². The van der Waals surface area contributed by atoms with Gasteiger partial charge in [0.05, 0.1) is 24.3 Å². The summed E-state index contributed by atoms with van der Waals surface area (Å²) in [6.45, 7) is 7.80. The van der Waals surface area contributed by atoms with Crippen LogP contribution in [0.1, 0.15) is 69.9 Å². The number of ether oxygens (including phenoxy) is 3. The second-order valence-corrected chi connectivity index (χ2v) is 10.7. The van der Waals surface area contributed by atoms with E-state index in [1.54, 1.807) is 19.2 Å². The van der Waals surface area contributed by atoms with Crippen LogP contribution in [0.2, 0.25) is 0 Å². The van der Waals surface area contributed by atoms with Crippen LogP contribution in [0.25, 0.3) is 0 Å². The molecule has 0 saturated heterocycles. The minimum atomic E-state index is -0.768. The summed E-state index contributed by atoms with van der Waals surface area (Å²) < 4.78 is 17.1. The Morgan fingerprint density at radius 1 is 1.16 bits per heavy atom. The second-order valence-electron chi connectivity index (χ2n) is 9.81. The van der Waals surface area contributed by atoms with Crippen molar-refractivity contribution in [1.82, 2.24) is 0 Å². The molecule has 1 aliphatic carbocycles. The van der Waals surface area contributed by atoms with Gasteiger partial charge in [-0.1, -0.05) is 19.1 Å². The van der Waals surface area contributed by atoms with Crippen molar-refractivity contribution in [1.29, 1.82) is 0 Å². The van der Waals surface area contributed by atoms with Crippen LogP contribution < -0.4 is 9.47 Å². The monoisotopic (exact) mass is 583 g/mol. The van der Waals surface area contributed by atoms with Gasteiger partial charge in [-0.2, -0.15) is 0 Å². The van der Waals surface area contributed by atoms with Crippen LogP contribution in [0.4, 0.5) is 0 Å². The summed E-state index contributed by atoms with van der Waals surface area (Å²) in [6, 6.07) is 11.2. The van der Waals surface area contributed by atoms with Crippen LogP contribution in [-0.2, 0) is 14.3 Å². The molecule has 0 aromatic heterocycles. The Morgan fingerprint density at radius 2 is 1.87 bits per heavy atom. The smallest absolute Gasteiger partial charge is 0.315 e. The van der Waals surface area contributed by atoms with Crippen molar-refractivity contribution in [3.63, 3.8) is 0 Å². The Balaban J connectivity index is 1.82. The standard InChI is InChI=1S/C30H34BrNO6/c1-6-16(3)38-30(35)26-17(4)32-23-13-19(18-8-10-21(36-5)11-9-18)14-24(33)28(23)27(26)20-12-22(31)29(34)25(15-20)37-7-2/h8-12,15-16,19,26-27,34H,6-7,13-14H2,1-5H3/t16-,19-,26?,27-/m1/s1. The molecule has 0 bridgehead atoms. The van der Waals surface area contributed by atoms with E-state index in [1.807, 2.05) is 52.0 Å². The number of hydrogen-bond acceptors (Lipinski definition) is 7. The summed E-state index contributed by atoms with van der Waals surface area (Å²) in [5, 5.41) is 10.5. The lowest BCUT2D eigenvalue weighted by Gasteiger charge is -2.37. The van der Waals surface area contributed by atoms with E-state index in [2.05, 4.69) is 15.9 Å². The number of Topliss-reactive ketones (excluding diaryl/α,β-unsaturated/α-hetero) is 1. The highest BCUT2D eigenvalue weighted by Crippen LogP contribution is 2.49. The second kappa shape index (κ2) is 11.7. The third kappa shape index (κ3) is 5.51. The zero-order chi connectivity index (χ0) is 27.6. The van der Waals surface area contributed by atoms with Gasteiger partial charge < -0.3 is 19.3 Å². The van der Waals surface area contributed by atoms with Gasteiger partial charge in [0.2, 0.25) is 0 Å². The van der Waals surface area contributed by atoms with Gasteiger partial charge in [0.15, 0.2) is 17.3 Å². The zero-order valence-corrected chi connectivity index (χ0v) is 24.0. The Hall–Kier alpha value is -3.13. The Kier molecular flexibility index (Phi) is 8.61. The van der Waals surface area contributed by atoms with Crippen LogP contribution in [0.3, 0.4) is 0 Å². The molecule has 2 aromatic carbocycles. The lowest BCUT2D eigenvalue weighted by atomic mass is 9.69. The maximum Gasteiger partial charge on any atom is 0.315 e. The van der Waals surface area contributed by atoms with Crippen molar-refractivity contribution in [2.24, 2.45) is 10.9 Å². The minimum absolute atomic E-state index is 0.0285. The molecular weight excluding hydrogens is 550 g/mol. The SMILES string of the molecule is CCOc1cc([C@H]2C3=C(C[C@@H](c4ccc(OC)cc4)CC3=O)N=C(C)C2C(=O)O[C@H](C)CC)cc(Br)c1O. The summed E-state index contributed by atoms with van der Waals surface area (Å²) >= 11 is 3.42. The fraction of sp³-hybridized carbons (Fsp3) is 0.433. The Labute approximate surface area is 232 Å². The van der Waals surface area contributed by atoms with E-state index in [4.69, 9.17) is 19.2 Å². The van der Waals surface area contributed by atoms with Crippen molar-refractivity contribution in [3.8, 4) is 17.2 Å². The van der Waals surface area contributed by atoms with E-state index in [1.165, 1.54) is 0 Å². The molecule has 7 nitrogen and oxygen atoms in total. The molecule has 4 atom stereocenters. The fourth-order valence-corrected chi connectivity index (χ4v) is 5.69. The van der Waals surface area contributed by atoms with Crippen molar-refractivity contribution in [2.75, 3.05) is 13.7 Å². The highest BCUT2D eigenvalue weighted by Gasteiger charge is 2.45. The Morgan fingerprint density at radius 3 is 2.50 bits per heavy atom. The molecule has 2 aromatic rings. The first-order chi connectivity index (χ1) is 18.2. The molecule has 0 amide bonds. The highest BCUT2D eigenvalue weighted by molar-refractivity contribution is 9.10. The topological polar surface area (TPSA) is 94.4 Å². The summed E-state index contributed by atoms with van der Waals surface area (Å²) in [5.41, 5.74) is 3.56. The third-order valence-electron chi connectivity index (χ3n) is 7.33. The molecule has 1 aliphatic heterocycles. The van der Waals surface area contributed by atoms with Gasteiger partial charge in [-0.15, -0.1) is 0 Å². The van der Waals surface area contributed by atoms with E-state index in [0.29, 0.717) is 52.9 Å². The number of nitrogens with zero attached hydrogens (tertiary/aromatic N) is 1. The molecule has 1 N–H and O–H groups in total. The van der Waals surface area contributed by atoms with Gasteiger partial charge in [0.1, 0.15) is 11.7 Å². The molecular formula is C30H34BrNO6. The number of rotatable bonds is 8. The summed E-state index contributed by atoms with van der Waals surface area (Å²) in [5.74, 6) is -0.853. The predicted molar refractivity (Wildman–Crippen MR) is 149 cm³/mol. The number of aromatic hydroxyl groups is 1. The first-order valence-electron chi connectivity index (χ1n) is 13.0. The molecule has 0 fully saturated rings. The number of phenols is 1. The number of carbonyl (C=O) groups is 2. The van der Waals surface area contributed by atoms with Gasteiger partial charge >= 0.3 is 5.97 Å². The number of benzene rings is 2. The maximum absolute atomic E-state index is 13.8. The van der Waals surface area contributed by atoms with Gasteiger partial charge in [-0.05, 0) is 90.9 Å². The van der Waals surface area contributed by atoms with Gasteiger partial charge in [0, 0.05) is 29.3 Å². The lowest BCUT2D eigenvalue weighted by molar-refractivity contribution is -0.151. The number of hydrogen-bond donors (Lipinski definition) is 1. The van der Waals surface area contributed by atoms with Crippen LogP contribution in [0, 0.1) is 5.92 Å². The highest BCUT2D eigenvalue weighted by atomic mass is 79.9. The third-order valence-corrected chi connectivity index (χ3v) is 7.94. The Bertz CT molecular complexity index is 1280. The number of methoxy groups -OCH3 is 1. The van der Waals surface area contributed by atoms with Crippen molar-refractivity contribution in [2.45, 2.75) is 64.9 Å². The maximum atomic E-state index is 13.8. The molecule has 0 radical (unpaired) electrons. The molecule has 8 heteroatoms. The normalized spacial score (nSPS) is 21.9. The van der Waals surface area contributed by atoms with Gasteiger partial charge in [-0.25, -0.2) is 0 Å². The number of carbonyl (C=O) groups excluding carboxylic acids is 2. The van der Waals surface area contributed by atoms with E-state index >= 15 is 0 Å². The average Bonchev–Trinajstić information content (AvgIpc) is 2.90. The number of aliphatic imine (C=N–C) groups is 1. The quantitative estimate of drug-likeness (QED) is 0.357. The summed E-state index contributed by atoms with van der Waals surface area (Å²) in [6.07, 6.45) is 1.29. The minimum Gasteiger partial charge on any atom is -0.503 e. The molecule has 1 heterocycles. The summed E-state index contributed by atoms with van der Waals surface area (Å²) in [4.78, 5) is 32.2. The molecule has 1 unspecified atom stereocenters. The molecule has 202 valence electrons. The predicted octanol–water partition coefficient (Wildman–Crippen LogP) is 6.48. The van der Waals surface area contributed by atoms with Gasteiger partial charge in [-0.3, -0.25) is 14.6 Å². The van der Waals surface area contributed by atoms with Crippen LogP contribution in [0.15, 0.2) is 57.1 Å². The largest absolute Gasteiger partial charge is 0.503 e. The van der Waals surface area contributed by atoms with Gasteiger partial charge in [0.25, 0.3) is 0 Å². The van der Waals surface area contributed by atoms with Crippen LogP contribution in [-0.4, -0.2) is 42.4 Å². The van der Waals surface area contributed by atoms with E-state index in [0.717, 1.165) is 11.3 Å². The molecule has 2 aliphatic rings. The zero-order valence-electron chi connectivity index (χ0n) is 22.4. The number of esters is 1. The van der Waals surface area contributed by atoms with Crippen molar-refractivity contribution in [3.05, 3.63) is 63.3 Å².